The molecule has 0 spiro atoms. The van der Waals surface area contributed by atoms with Crippen LogP contribution in [0, 0.1) is 6.92 Å². The molecule has 0 aliphatic carbocycles. The monoisotopic (exact) mass is 391 g/mol. The van der Waals surface area contributed by atoms with Gasteiger partial charge in [0.25, 0.3) is 5.91 Å². The molecule has 1 N–H and O–H groups in total. The molecule has 7 nitrogen and oxygen atoms in total. The number of nitrogens with zero attached hydrogens (tertiary/aromatic N) is 2. The first-order valence-electron chi connectivity index (χ1n) is 9.34. The second-order valence-electron chi connectivity index (χ2n) is 6.73. The van der Waals surface area contributed by atoms with E-state index in [9.17, 15) is 9.59 Å². The summed E-state index contributed by atoms with van der Waals surface area (Å²) in [6.45, 7) is 3.98. The number of benzene rings is 2. The van der Waals surface area contributed by atoms with Crippen LogP contribution in [0.4, 0.5) is 5.69 Å². The molecule has 0 saturated heterocycles. The van der Waals surface area contributed by atoms with E-state index in [0.717, 1.165) is 22.6 Å². The second kappa shape index (κ2) is 7.43. The molecule has 0 saturated carbocycles. The number of carbonyl (C=O) groups excluding carboxylic acids is 2. The third-order valence-electron chi connectivity index (χ3n) is 5.04. The van der Waals surface area contributed by atoms with Crippen molar-refractivity contribution in [3.63, 3.8) is 0 Å². The van der Waals surface area contributed by atoms with Gasteiger partial charge in [-0.3, -0.25) is 14.8 Å². The van der Waals surface area contributed by atoms with Crippen molar-refractivity contribution in [3.8, 4) is 5.75 Å². The van der Waals surface area contributed by atoms with Crippen LogP contribution in [0.3, 0.4) is 0 Å². The number of aryl methyl sites for hydroxylation is 1. The summed E-state index contributed by atoms with van der Waals surface area (Å²) in [4.78, 5) is 26.8. The van der Waals surface area contributed by atoms with Gasteiger partial charge in [-0.1, -0.05) is 12.1 Å². The van der Waals surface area contributed by atoms with Crippen molar-refractivity contribution in [1.29, 1.82) is 0 Å². The lowest BCUT2D eigenvalue weighted by atomic mass is 9.98. The molecule has 4 rings (SSSR count). The van der Waals surface area contributed by atoms with Gasteiger partial charge in [0.05, 0.1) is 25.3 Å². The maximum atomic E-state index is 13.2. The van der Waals surface area contributed by atoms with Crippen LogP contribution in [0.15, 0.2) is 48.5 Å². The van der Waals surface area contributed by atoms with Gasteiger partial charge in [-0.15, -0.1) is 0 Å². The Balaban J connectivity index is 1.76. The van der Waals surface area contributed by atoms with Crippen LogP contribution in [-0.2, 0) is 4.74 Å². The average molecular weight is 391 g/mol. The average Bonchev–Trinajstić information content (AvgIpc) is 3.26. The summed E-state index contributed by atoms with van der Waals surface area (Å²) in [6, 6.07) is 14.1. The molecular weight excluding hydrogens is 370 g/mol. The van der Waals surface area contributed by atoms with Crippen molar-refractivity contribution in [1.82, 2.24) is 10.2 Å². The lowest BCUT2D eigenvalue weighted by Crippen LogP contribution is -2.29. The summed E-state index contributed by atoms with van der Waals surface area (Å²) in [6.07, 6.45) is 0. The van der Waals surface area contributed by atoms with Gasteiger partial charge in [0, 0.05) is 16.9 Å². The molecule has 3 aromatic rings. The molecule has 29 heavy (non-hydrogen) atoms. The zero-order chi connectivity index (χ0) is 20.5. The molecule has 0 unspecified atom stereocenters. The van der Waals surface area contributed by atoms with Gasteiger partial charge in [0.1, 0.15) is 5.75 Å². The number of methoxy groups -OCH3 is 1. The van der Waals surface area contributed by atoms with Crippen molar-refractivity contribution in [2.75, 3.05) is 18.6 Å². The highest BCUT2D eigenvalue weighted by atomic mass is 16.5. The number of nitrogens with one attached hydrogen (secondary N) is 1. The number of fused-ring (bicyclic) bond motifs is 1. The Bertz CT molecular complexity index is 1050. The minimum atomic E-state index is -0.387. The van der Waals surface area contributed by atoms with Crippen molar-refractivity contribution in [2.45, 2.75) is 19.9 Å². The molecule has 1 amide bonds. The van der Waals surface area contributed by atoms with Gasteiger partial charge >= 0.3 is 5.97 Å². The van der Waals surface area contributed by atoms with E-state index in [1.807, 2.05) is 31.2 Å². The van der Waals surface area contributed by atoms with Gasteiger partial charge in [-0.2, -0.15) is 5.10 Å². The number of aromatic nitrogens is 2. The third-order valence-corrected chi connectivity index (χ3v) is 5.04. The number of hydrogen-bond donors (Lipinski definition) is 1. The van der Waals surface area contributed by atoms with Crippen molar-refractivity contribution in [2.24, 2.45) is 0 Å². The number of esters is 1. The molecule has 1 aromatic heterocycles. The third kappa shape index (κ3) is 3.14. The smallest absolute Gasteiger partial charge is 0.338 e. The van der Waals surface area contributed by atoms with Crippen LogP contribution in [0.25, 0.3) is 0 Å². The van der Waals surface area contributed by atoms with E-state index in [1.54, 1.807) is 43.2 Å². The molecule has 1 aliphatic heterocycles. The van der Waals surface area contributed by atoms with Crippen molar-refractivity contribution < 1.29 is 19.1 Å². The van der Waals surface area contributed by atoms with Gasteiger partial charge in [0.15, 0.2) is 5.69 Å². The van der Waals surface area contributed by atoms with E-state index < -0.39 is 0 Å². The summed E-state index contributed by atoms with van der Waals surface area (Å²) in [7, 11) is 1.61. The second-order valence-corrected chi connectivity index (χ2v) is 6.73. The predicted molar refractivity (Wildman–Crippen MR) is 107 cm³/mol. The predicted octanol–water partition coefficient (Wildman–Crippen LogP) is 3.65. The molecule has 1 aliphatic rings. The Morgan fingerprint density at radius 3 is 2.45 bits per heavy atom. The minimum absolute atomic E-state index is 0.186. The van der Waals surface area contributed by atoms with Crippen LogP contribution < -0.4 is 9.64 Å². The van der Waals surface area contributed by atoms with Gasteiger partial charge in [-0.25, -0.2) is 4.79 Å². The van der Waals surface area contributed by atoms with E-state index in [-0.39, 0.29) is 17.9 Å². The lowest BCUT2D eigenvalue weighted by Gasteiger charge is -2.26. The summed E-state index contributed by atoms with van der Waals surface area (Å²) < 4.78 is 10.3. The SMILES string of the molecule is CCOC(=O)c1ccc(N2C(=O)c3n[nH]c(C)c3[C@@H]2c2ccc(OC)cc2)cc1. The molecule has 0 radical (unpaired) electrons. The summed E-state index contributed by atoms with van der Waals surface area (Å²) in [5, 5.41) is 7.14. The summed E-state index contributed by atoms with van der Waals surface area (Å²) >= 11 is 0. The molecule has 0 fully saturated rings. The van der Waals surface area contributed by atoms with Crippen LogP contribution in [0.5, 0.6) is 5.75 Å². The van der Waals surface area contributed by atoms with Crippen LogP contribution in [-0.4, -0.2) is 35.8 Å². The van der Waals surface area contributed by atoms with E-state index >= 15 is 0 Å². The highest BCUT2D eigenvalue weighted by molar-refractivity contribution is 6.10. The maximum absolute atomic E-state index is 13.2. The highest BCUT2D eigenvalue weighted by Crippen LogP contribution is 2.42. The molecule has 1 atom stereocenters. The molecule has 2 heterocycles. The minimum Gasteiger partial charge on any atom is -0.497 e. The standard InChI is InChI=1S/C22H21N3O4/c1-4-29-22(27)15-5-9-16(10-6-15)25-20(14-7-11-17(28-3)12-8-14)18-13(2)23-24-19(18)21(25)26/h5-12,20H,4H2,1-3H3,(H,23,24)/t20-/m0/s1. The number of ether oxygens (including phenoxy) is 2. The maximum Gasteiger partial charge on any atom is 0.338 e. The fraction of sp³-hybridized carbons (Fsp3) is 0.227. The highest BCUT2D eigenvalue weighted by Gasteiger charge is 2.42. The Hall–Kier alpha value is -3.61. The summed E-state index contributed by atoms with van der Waals surface area (Å²) in [5.74, 6) is 0.170. The van der Waals surface area contributed by atoms with Crippen LogP contribution in [0.2, 0.25) is 0 Å². The zero-order valence-corrected chi connectivity index (χ0v) is 16.4. The summed E-state index contributed by atoms with van der Waals surface area (Å²) in [5.41, 5.74) is 4.18. The van der Waals surface area contributed by atoms with E-state index in [2.05, 4.69) is 10.2 Å². The fourth-order valence-corrected chi connectivity index (χ4v) is 3.64. The number of hydrogen-bond acceptors (Lipinski definition) is 5. The topological polar surface area (TPSA) is 84.5 Å². The fourth-order valence-electron chi connectivity index (χ4n) is 3.64. The number of rotatable bonds is 5. The molecular formula is C22H21N3O4. The van der Waals surface area contributed by atoms with E-state index in [1.165, 1.54) is 0 Å². The largest absolute Gasteiger partial charge is 0.497 e. The normalized spacial score (nSPS) is 15.3. The Morgan fingerprint density at radius 2 is 1.83 bits per heavy atom. The zero-order valence-electron chi connectivity index (χ0n) is 16.4. The van der Waals surface area contributed by atoms with Gasteiger partial charge in [-0.05, 0) is 55.8 Å². The quantitative estimate of drug-likeness (QED) is 0.671. The molecule has 7 heteroatoms. The Morgan fingerprint density at radius 1 is 1.14 bits per heavy atom. The first-order valence-corrected chi connectivity index (χ1v) is 9.34. The molecule has 148 valence electrons. The van der Waals surface area contributed by atoms with E-state index in [4.69, 9.17) is 9.47 Å². The van der Waals surface area contributed by atoms with Gasteiger partial charge in [0.2, 0.25) is 0 Å². The number of H-pyrrole nitrogens is 1. The number of anilines is 1. The first-order chi connectivity index (χ1) is 14.0. The molecule has 0 bridgehead atoms. The Labute approximate surface area is 168 Å². The number of amides is 1. The van der Waals surface area contributed by atoms with Crippen molar-refractivity contribution >= 4 is 17.6 Å². The van der Waals surface area contributed by atoms with Crippen molar-refractivity contribution in [3.05, 3.63) is 76.6 Å². The van der Waals surface area contributed by atoms with Crippen LogP contribution in [0.1, 0.15) is 50.6 Å². The first kappa shape index (κ1) is 18.7. The molecule has 2 aromatic carbocycles. The number of carbonyl (C=O) groups is 2. The van der Waals surface area contributed by atoms with E-state index in [0.29, 0.717) is 23.6 Å². The lowest BCUT2D eigenvalue weighted by molar-refractivity contribution is 0.0526. The Kier molecular flexibility index (Phi) is 4.80. The number of aromatic amines is 1. The van der Waals surface area contributed by atoms with Gasteiger partial charge < -0.3 is 9.47 Å². The van der Waals surface area contributed by atoms with Crippen LogP contribution >= 0.6 is 0 Å².